The van der Waals surface area contributed by atoms with E-state index in [1.807, 2.05) is 32.3 Å². The molecule has 2 aromatic heterocycles. The maximum Gasteiger partial charge on any atom is 0.254 e. The normalized spacial score (nSPS) is 10.1. The molecule has 0 fully saturated rings. The molecule has 0 saturated carbocycles. The van der Waals surface area contributed by atoms with Crippen molar-refractivity contribution in [2.75, 3.05) is 13.1 Å². The summed E-state index contributed by atoms with van der Waals surface area (Å²) in [7, 11) is 1.81. The maximum atomic E-state index is 11.9. The molecule has 0 aliphatic rings. The van der Waals surface area contributed by atoms with Crippen LogP contribution in [0, 0.1) is 6.92 Å². The average molecular weight is 324 g/mol. The van der Waals surface area contributed by atoms with E-state index < -0.39 is 0 Å². The third-order valence-electron chi connectivity index (χ3n) is 3.13. The molecular weight excluding hydrogens is 302 g/mol. The Balaban J connectivity index is 0.00000242. The number of nitrogens with zero attached hydrogens (tertiary/aromatic N) is 3. The van der Waals surface area contributed by atoms with E-state index in [1.54, 1.807) is 17.1 Å². The van der Waals surface area contributed by atoms with Crippen LogP contribution in [0.4, 0.5) is 0 Å². The predicted molar refractivity (Wildman–Crippen MR) is 88.1 cm³/mol. The first-order valence-corrected chi connectivity index (χ1v) is 7.05. The van der Waals surface area contributed by atoms with Crippen molar-refractivity contribution in [3.63, 3.8) is 0 Å². The highest BCUT2D eigenvalue weighted by atomic mass is 35.5. The van der Waals surface area contributed by atoms with Crippen LogP contribution in [0.3, 0.4) is 0 Å². The second kappa shape index (κ2) is 9.17. The maximum absolute atomic E-state index is 11.9. The summed E-state index contributed by atoms with van der Waals surface area (Å²) in [6, 6.07) is 3.96. The number of carbonyl (C=O) groups is 1. The van der Waals surface area contributed by atoms with Gasteiger partial charge < -0.3 is 10.6 Å². The Morgan fingerprint density at radius 1 is 1.36 bits per heavy atom. The Morgan fingerprint density at radius 2 is 2.18 bits per heavy atom. The van der Waals surface area contributed by atoms with Gasteiger partial charge in [0, 0.05) is 38.7 Å². The topological polar surface area (TPSA) is 71.8 Å². The minimum absolute atomic E-state index is 0. The summed E-state index contributed by atoms with van der Waals surface area (Å²) >= 11 is 0. The van der Waals surface area contributed by atoms with Gasteiger partial charge >= 0.3 is 0 Å². The molecule has 0 unspecified atom stereocenters. The minimum Gasteiger partial charge on any atom is -0.352 e. The lowest BCUT2D eigenvalue weighted by Crippen LogP contribution is -2.27. The van der Waals surface area contributed by atoms with Crippen LogP contribution in [0.5, 0.6) is 0 Å². The zero-order valence-electron chi connectivity index (χ0n) is 12.9. The molecule has 0 saturated heterocycles. The third kappa shape index (κ3) is 5.46. The fraction of sp³-hybridized carbons (Fsp3) is 0.400. The van der Waals surface area contributed by atoms with Crippen LogP contribution >= 0.6 is 12.4 Å². The first kappa shape index (κ1) is 18.1. The fourth-order valence-electron chi connectivity index (χ4n) is 2.07. The van der Waals surface area contributed by atoms with Crippen molar-refractivity contribution in [2.24, 2.45) is 7.05 Å². The van der Waals surface area contributed by atoms with Crippen LogP contribution in [-0.2, 0) is 13.6 Å². The van der Waals surface area contributed by atoms with Crippen molar-refractivity contribution in [2.45, 2.75) is 19.9 Å². The highest BCUT2D eigenvalue weighted by Gasteiger charge is 2.11. The average Bonchev–Trinajstić information content (AvgIpc) is 2.82. The van der Waals surface area contributed by atoms with Crippen molar-refractivity contribution < 1.29 is 4.79 Å². The van der Waals surface area contributed by atoms with Gasteiger partial charge in [0.05, 0.1) is 11.3 Å². The number of hydrogen-bond donors (Lipinski definition) is 2. The SMILES string of the molecule is Cc1nn(C)cc1C(=O)NCCCNCc1cccnc1.Cl. The molecule has 0 spiro atoms. The molecule has 0 radical (unpaired) electrons. The summed E-state index contributed by atoms with van der Waals surface area (Å²) in [5.41, 5.74) is 2.55. The first-order valence-electron chi connectivity index (χ1n) is 7.05. The summed E-state index contributed by atoms with van der Waals surface area (Å²) in [5, 5.41) is 10.4. The number of carbonyl (C=O) groups excluding carboxylic acids is 1. The van der Waals surface area contributed by atoms with Crippen LogP contribution < -0.4 is 10.6 Å². The molecule has 0 bridgehead atoms. The number of pyridine rings is 1. The monoisotopic (exact) mass is 323 g/mol. The Labute approximate surface area is 136 Å². The van der Waals surface area contributed by atoms with E-state index in [1.165, 1.54) is 0 Å². The van der Waals surface area contributed by atoms with Gasteiger partial charge in [0.25, 0.3) is 5.91 Å². The van der Waals surface area contributed by atoms with Gasteiger partial charge in [-0.05, 0) is 31.5 Å². The smallest absolute Gasteiger partial charge is 0.254 e. The van der Waals surface area contributed by atoms with Gasteiger partial charge in [-0.1, -0.05) is 6.07 Å². The van der Waals surface area contributed by atoms with Crippen LogP contribution in [0.1, 0.15) is 28.0 Å². The molecule has 22 heavy (non-hydrogen) atoms. The lowest BCUT2D eigenvalue weighted by Gasteiger charge is -2.06. The molecule has 0 atom stereocenters. The molecule has 0 aromatic carbocycles. The van der Waals surface area contributed by atoms with E-state index in [0.29, 0.717) is 12.1 Å². The number of hydrogen-bond acceptors (Lipinski definition) is 4. The fourth-order valence-corrected chi connectivity index (χ4v) is 2.07. The van der Waals surface area contributed by atoms with Crippen LogP contribution in [-0.4, -0.2) is 33.8 Å². The number of aryl methyl sites for hydroxylation is 2. The summed E-state index contributed by atoms with van der Waals surface area (Å²) in [6.45, 7) is 4.13. The number of halogens is 1. The van der Waals surface area contributed by atoms with Crippen LogP contribution in [0.15, 0.2) is 30.7 Å². The van der Waals surface area contributed by atoms with E-state index in [4.69, 9.17) is 0 Å². The highest BCUT2D eigenvalue weighted by Crippen LogP contribution is 2.03. The molecule has 1 amide bonds. The van der Waals surface area contributed by atoms with Gasteiger partial charge in [-0.25, -0.2) is 0 Å². The Morgan fingerprint density at radius 3 is 2.82 bits per heavy atom. The predicted octanol–water partition coefficient (Wildman–Crippen LogP) is 1.46. The Kier molecular flexibility index (Phi) is 7.56. The second-order valence-corrected chi connectivity index (χ2v) is 4.95. The number of rotatable bonds is 7. The van der Waals surface area contributed by atoms with Crippen LogP contribution in [0.25, 0.3) is 0 Å². The molecule has 120 valence electrons. The van der Waals surface area contributed by atoms with Gasteiger partial charge in [0.1, 0.15) is 0 Å². The molecule has 2 heterocycles. The van der Waals surface area contributed by atoms with E-state index in [-0.39, 0.29) is 18.3 Å². The van der Waals surface area contributed by atoms with Crippen LogP contribution in [0.2, 0.25) is 0 Å². The molecular formula is C15H22ClN5O. The first-order chi connectivity index (χ1) is 10.2. The van der Waals surface area contributed by atoms with Gasteiger partial charge in [-0.3, -0.25) is 14.5 Å². The number of aromatic nitrogens is 3. The zero-order valence-corrected chi connectivity index (χ0v) is 13.7. The van der Waals surface area contributed by atoms with E-state index in [2.05, 4.69) is 20.7 Å². The van der Waals surface area contributed by atoms with E-state index in [0.717, 1.165) is 30.8 Å². The molecule has 0 aliphatic carbocycles. The Hall–Kier alpha value is -1.92. The molecule has 2 N–H and O–H groups in total. The molecule has 2 rings (SSSR count). The van der Waals surface area contributed by atoms with E-state index >= 15 is 0 Å². The Bertz CT molecular complexity index is 585. The lowest BCUT2D eigenvalue weighted by atomic mass is 10.2. The third-order valence-corrected chi connectivity index (χ3v) is 3.13. The van der Waals surface area contributed by atoms with Crippen molar-refractivity contribution in [1.82, 2.24) is 25.4 Å². The molecule has 6 nitrogen and oxygen atoms in total. The van der Waals surface area contributed by atoms with Gasteiger partial charge in [-0.15, -0.1) is 12.4 Å². The quantitative estimate of drug-likeness (QED) is 0.757. The number of nitrogens with one attached hydrogen (secondary N) is 2. The summed E-state index contributed by atoms with van der Waals surface area (Å²) in [4.78, 5) is 16.0. The second-order valence-electron chi connectivity index (χ2n) is 4.95. The van der Waals surface area contributed by atoms with Gasteiger partial charge in [0.2, 0.25) is 0 Å². The highest BCUT2D eigenvalue weighted by molar-refractivity contribution is 5.94. The molecule has 7 heteroatoms. The van der Waals surface area contributed by atoms with E-state index in [9.17, 15) is 4.79 Å². The standard InChI is InChI=1S/C15H21N5O.ClH/c1-12-14(11-20(2)19-12)15(21)18-8-4-7-17-10-13-5-3-6-16-9-13;/h3,5-6,9,11,17H,4,7-8,10H2,1-2H3,(H,18,21);1H. The van der Waals surface area contributed by atoms with Crippen molar-refractivity contribution in [1.29, 1.82) is 0 Å². The molecule has 2 aromatic rings. The minimum atomic E-state index is -0.0622. The van der Waals surface area contributed by atoms with Crippen molar-refractivity contribution >= 4 is 18.3 Å². The largest absolute Gasteiger partial charge is 0.352 e. The molecule has 0 aliphatic heterocycles. The summed E-state index contributed by atoms with van der Waals surface area (Å²) in [5.74, 6) is -0.0622. The number of amides is 1. The van der Waals surface area contributed by atoms with Gasteiger partial charge in [-0.2, -0.15) is 5.10 Å². The van der Waals surface area contributed by atoms with Crippen molar-refractivity contribution in [3.05, 3.63) is 47.5 Å². The van der Waals surface area contributed by atoms with Crippen molar-refractivity contribution in [3.8, 4) is 0 Å². The zero-order chi connectivity index (χ0) is 15.1. The lowest BCUT2D eigenvalue weighted by molar-refractivity contribution is 0.0952. The summed E-state index contributed by atoms with van der Waals surface area (Å²) in [6.07, 6.45) is 6.23. The van der Waals surface area contributed by atoms with Gasteiger partial charge in [0.15, 0.2) is 0 Å². The summed E-state index contributed by atoms with van der Waals surface area (Å²) < 4.78 is 1.65.